The topological polar surface area (TPSA) is 98.3 Å². The zero-order chi connectivity index (χ0) is 13.8. The highest BCUT2D eigenvalue weighted by Gasteiger charge is 2.04. The molecule has 3 N–H and O–H groups in total. The van der Waals surface area contributed by atoms with Gasteiger partial charge in [-0.3, -0.25) is 19.8 Å². The van der Waals surface area contributed by atoms with E-state index in [1.807, 2.05) is 4.98 Å². The van der Waals surface area contributed by atoms with Gasteiger partial charge in [-0.15, -0.1) is 0 Å². The van der Waals surface area contributed by atoms with Gasteiger partial charge in [-0.1, -0.05) is 23.7 Å². The van der Waals surface area contributed by atoms with Gasteiger partial charge in [-0.05, 0) is 17.7 Å². The van der Waals surface area contributed by atoms with Gasteiger partial charge in [-0.25, -0.2) is 4.79 Å². The summed E-state index contributed by atoms with van der Waals surface area (Å²) in [7, 11) is 0. The van der Waals surface area contributed by atoms with Gasteiger partial charge in [0, 0.05) is 11.2 Å². The zero-order valence-electron chi connectivity index (χ0n) is 9.68. The van der Waals surface area contributed by atoms with E-state index in [0.29, 0.717) is 11.6 Å². The standard InChI is InChI=1S/C12H10ClN3O3/c13-8-3-1-7(2-4-8)5-14-6-9-10(17)15-12(19)16-11(9)18/h1-4,6H,5H2,(H3,15,16,17,18,19). The van der Waals surface area contributed by atoms with Gasteiger partial charge < -0.3 is 5.11 Å². The second kappa shape index (κ2) is 5.53. The predicted octanol–water partition coefficient (Wildman–Crippen LogP) is 1.04. The fourth-order valence-electron chi connectivity index (χ4n) is 1.44. The van der Waals surface area contributed by atoms with E-state index >= 15 is 0 Å². The molecule has 0 radical (unpaired) electrons. The zero-order valence-corrected chi connectivity index (χ0v) is 10.4. The molecule has 0 spiro atoms. The lowest BCUT2D eigenvalue weighted by atomic mass is 10.2. The fourth-order valence-corrected chi connectivity index (χ4v) is 1.56. The molecule has 0 saturated heterocycles. The van der Waals surface area contributed by atoms with Crippen LogP contribution in [-0.4, -0.2) is 21.3 Å². The Morgan fingerprint density at radius 1 is 1.21 bits per heavy atom. The fraction of sp³-hybridized carbons (Fsp3) is 0.0833. The van der Waals surface area contributed by atoms with Gasteiger partial charge in [0.05, 0.1) is 6.54 Å². The summed E-state index contributed by atoms with van der Waals surface area (Å²) in [5.74, 6) is -0.506. The van der Waals surface area contributed by atoms with Gasteiger partial charge in [-0.2, -0.15) is 0 Å². The highest BCUT2D eigenvalue weighted by molar-refractivity contribution is 6.30. The third-order valence-electron chi connectivity index (χ3n) is 2.37. The maximum absolute atomic E-state index is 11.4. The molecular formula is C12H10ClN3O3. The average Bonchev–Trinajstić information content (AvgIpc) is 2.34. The van der Waals surface area contributed by atoms with E-state index in [1.54, 1.807) is 24.3 Å². The monoisotopic (exact) mass is 279 g/mol. The van der Waals surface area contributed by atoms with Crippen molar-refractivity contribution in [3.05, 3.63) is 61.3 Å². The van der Waals surface area contributed by atoms with E-state index in [-0.39, 0.29) is 5.56 Å². The van der Waals surface area contributed by atoms with Crippen LogP contribution in [0.2, 0.25) is 5.02 Å². The van der Waals surface area contributed by atoms with Gasteiger partial charge in [0.2, 0.25) is 5.88 Å². The number of aliphatic imine (C=N–C) groups is 1. The van der Waals surface area contributed by atoms with Gasteiger partial charge in [0.25, 0.3) is 5.56 Å². The molecule has 0 aliphatic rings. The Balaban J connectivity index is 2.18. The summed E-state index contributed by atoms with van der Waals surface area (Å²) in [6, 6.07) is 7.07. The summed E-state index contributed by atoms with van der Waals surface area (Å²) in [6.45, 7) is 0.329. The van der Waals surface area contributed by atoms with E-state index < -0.39 is 17.1 Å². The molecule has 0 bridgehead atoms. The maximum atomic E-state index is 11.4. The van der Waals surface area contributed by atoms with E-state index in [2.05, 4.69) is 9.98 Å². The Kier molecular flexibility index (Phi) is 3.82. The molecule has 98 valence electrons. The molecule has 1 heterocycles. The molecule has 0 aliphatic carbocycles. The summed E-state index contributed by atoms with van der Waals surface area (Å²) < 4.78 is 0. The largest absolute Gasteiger partial charge is 0.494 e. The van der Waals surface area contributed by atoms with Gasteiger partial charge in [0.15, 0.2) is 0 Å². The lowest BCUT2D eigenvalue weighted by Crippen LogP contribution is -2.24. The minimum atomic E-state index is -0.766. The summed E-state index contributed by atoms with van der Waals surface area (Å²) >= 11 is 5.75. The average molecular weight is 280 g/mol. The number of halogens is 1. The number of nitrogens with one attached hydrogen (secondary N) is 2. The normalized spacial score (nSPS) is 11.0. The Morgan fingerprint density at radius 3 is 2.53 bits per heavy atom. The number of aromatic nitrogens is 2. The lowest BCUT2D eigenvalue weighted by Gasteiger charge is -1.98. The van der Waals surface area contributed by atoms with Crippen molar-refractivity contribution in [1.82, 2.24) is 9.97 Å². The van der Waals surface area contributed by atoms with E-state index in [9.17, 15) is 14.7 Å². The molecule has 0 amide bonds. The summed E-state index contributed by atoms with van der Waals surface area (Å²) in [5.41, 5.74) is -0.645. The first-order valence-electron chi connectivity index (χ1n) is 5.36. The van der Waals surface area contributed by atoms with Crippen LogP contribution in [0, 0.1) is 0 Å². The Bertz CT molecular complexity index is 716. The molecule has 2 rings (SSSR count). The Labute approximate surface area is 112 Å². The molecule has 2 aromatic rings. The number of aromatic hydroxyl groups is 1. The Hall–Kier alpha value is -2.34. The van der Waals surface area contributed by atoms with Crippen molar-refractivity contribution < 1.29 is 5.11 Å². The van der Waals surface area contributed by atoms with Crippen molar-refractivity contribution in [2.75, 3.05) is 0 Å². The van der Waals surface area contributed by atoms with Crippen LogP contribution in [-0.2, 0) is 6.54 Å². The first-order chi connectivity index (χ1) is 9.06. The second-order valence-corrected chi connectivity index (χ2v) is 4.20. The number of benzene rings is 1. The first-order valence-corrected chi connectivity index (χ1v) is 5.74. The van der Waals surface area contributed by atoms with E-state index in [4.69, 9.17) is 11.6 Å². The quantitative estimate of drug-likeness (QED) is 0.732. The molecule has 7 heteroatoms. The van der Waals surface area contributed by atoms with Crippen LogP contribution in [0.1, 0.15) is 11.1 Å². The van der Waals surface area contributed by atoms with Crippen LogP contribution >= 0.6 is 11.6 Å². The van der Waals surface area contributed by atoms with Crippen molar-refractivity contribution in [2.45, 2.75) is 6.54 Å². The van der Waals surface area contributed by atoms with E-state index in [1.165, 1.54) is 6.21 Å². The molecule has 0 fully saturated rings. The van der Waals surface area contributed by atoms with Crippen LogP contribution in [0.5, 0.6) is 5.88 Å². The molecule has 1 aromatic heterocycles. The van der Waals surface area contributed by atoms with Gasteiger partial charge >= 0.3 is 5.69 Å². The van der Waals surface area contributed by atoms with Crippen molar-refractivity contribution in [3.63, 3.8) is 0 Å². The van der Waals surface area contributed by atoms with Crippen LogP contribution in [0.3, 0.4) is 0 Å². The van der Waals surface area contributed by atoms with Gasteiger partial charge in [0.1, 0.15) is 5.56 Å². The smallest absolute Gasteiger partial charge is 0.328 e. The van der Waals surface area contributed by atoms with Crippen molar-refractivity contribution >= 4 is 17.8 Å². The molecule has 0 aliphatic heterocycles. The molecule has 1 aromatic carbocycles. The van der Waals surface area contributed by atoms with Crippen LogP contribution in [0.4, 0.5) is 0 Å². The molecule has 0 saturated carbocycles. The number of rotatable bonds is 3. The number of H-pyrrole nitrogens is 2. The third kappa shape index (κ3) is 3.32. The molecule has 0 unspecified atom stereocenters. The van der Waals surface area contributed by atoms with Crippen molar-refractivity contribution in [3.8, 4) is 5.88 Å². The SMILES string of the molecule is O=c1[nH]c(O)c(C=NCc2ccc(Cl)cc2)c(=O)[nH]1. The molecular weight excluding hydrogens is 270 g/mol. The number of hydrogen-bond donors (Lipinski definition) is 3. The highest BCUT2D eigenvalue weighted by Crippen LogP contribution is 2.10. The first kappa shape index (κ1) is 13.1. The summed E-state index contributed by atoms with van der Waals surface area (Å²) in [6.07, 6.45) is 1.21. The Morgan fingerprint density at radius 2 is 1.89 bits per heavy atom. The van der Waals surface area contributed by atoms with Crippen molar-refractivity contribution in [2.24, 2.45) is 4.99 Å². The second-order valence-electron chi connectivity index (χ2n) is 3.77. The number of aromatic amines is 2. The maximum Gasteiger partial charge on any atom is 0.328 e. The molecule has 6 nitrogen and oxygen atoms in total. The van der Waals surface area contributed by atoms with Crippen LogP contribution in [0.15, 0.2) is 38.8 Å². The van der Waals surface area contributed by atoms with Crippen molar-refractivity contribution in [1.29, 1.82) is 0 Å². The van der Waals surface area contributed by atoms with Crippen LogP contribution in [0.25, 0.3) is 0 Å². The number of nitrogens with zero attached hydrogens (tertiary/aromatic N) is 1. The molecule has 0 atom stereocenters. The predicted molar refractivity (Wildman–Crippen MR) is 72.1 cm³/mol. The summed E-state index contributed by atoms with van der Waals surface area (Å²) in [5, 5.41) is 10.0. The van der Waals surface area contributed by atoms with Crippen LogP contribution < -0.4 is 11.2 Å². The minimum absolute atomic E-state index is 0.0893. The third-order valence-corrected chi connectivity index (χ3v) is 2.62. The number of hydrogen-bond acceptors (Lipinski definition) is 4. The minimum Gasteiger partial charge on any atom is -0.494 e. The molecule has 19 heavy (non-hydrogen) atoms. The summed E-state index contributed by atoms with van der Waals surface area (Å²) in [4.78, 5) is 30.4. The van der Waals surface area contributed by atoms with E-state index in [0.717, 1.165) is 5.56 Å². The highest BCUT2D eigenvalue weighted by atomic mass is 35.5. The lowest BCUT2D eigenvalue weighted by molar-refractivity contribution is 0.447.